The molecular weight excluding hydrogens is 1200 g/mol. The van der Waals surface area contributed by atoms with E-state index >= 15 is 0 Å². The first-order valence-electron chi connectivity index (χ1n) is 31.4. The second kappa shape index (κ2) is 90.5. The fourth-order valence-corrected chi connectivity index (χ4v) is 6.55. The van der Waals surface area contributed by atoms with Crippen LogP contribution in [0.5, 0.6) is 0 Å². The quantitative estimate of drug-likeness (QED) is 0.144. The summed E-state index contributed by atoms with van der Waals surface area (Å²) < 4.78 is 26.4. The van der Waals surface area contributed by atoms with Crippen LogP contribution in [0.4, 0.5) is 0 Å². The summed E-state index contributed by atoms with van der Waals surface area (Å²) in [7, 11) is 4.06. The summed E-state index contributed by atoms with van der Waals surface area (Å²) in [6.07, 6.45) is 17.9. The van der Waals surface area contributed by atoms with Crippen LogP contribution in [0.25, 0.3) is 0 Å². The van der Waals surface area contributed by atoms with Crippen LogP contribution in [-0.4, -0.2) is 39.0 Å². The van der Waals surface area contributed by atoms with Crippen LogP contribution in [0.3, 0.4) is 0 Å². The van der Waals surface area contributed by atoms with E-state index in [9.17, 15) is 0 Å². The molecule has 0 bridgehead atoms. The van der Waals surface area contributed by atoms with Crippen molar-refractivity contribution in [1.82, 2.24) is 39.0 Å². The van der Waals surface area contributed by atoms with Gasteiger partial charge >= 0.3 is 0 Å². The maximum absolute atomic E-state index is 4.83. The first kappa shape index (κ1) is 105. The molecule has 0 saturated carbocycles. The largest absolute Gasteiger partial charge is 0.472 e. The zero-order valence-electron chi connectivity index (χ0n) is 62.3. The molecule has 0 atom stereocenters. The highest BCUT2D eigenvalue weighted by atomic mass is 32.1. The van der Waals surface area contributed by atoms with Gasteiger partial charge in [0.1, 0.15) is 17.8 Å². The van der Waals surface area contributed by atoms with E-state index in [2.05, 4.69) is 124 Å². The molecule has 11 aromatic heterocycles. The van der Waals surface area contributed by atoms with Crippen molar-refractivity contribution in [3.05, 3.63) is 221 Å². The summed E-state index contributed by atoms with van der Waals surface area (Å²) >= 11 is 8.26. The van der Waals surface area contributed by atoms with E-state index in [-0.39, 0.29) is 0 Å². The van der Waals surface area contributed by atoms with Crippen molar-refractivity contribution in [3.8, 4) is 0 Å². The first-order valence-corrected chi connectivity index (χ1v) is 35.8. The third kappa shape index (κ3) is 83.8. The van der Waals surface area contributed by atoms with Crippen molar-refractivity contribution in [1.29, 1.82) is 0 Å². The molecule has 0 saturated heterocycles. The lowest BCUT2D eigenvalue weighted by Crippen LogP contribution is -1.84. The predicted octanol–water partition coefficient (Wildman–Crippen LogP) is 26.2. The Morgan fingerprint density at radius 1 is 0.472 bits per heavy atom. The molecule has 0 N–H and O–H groups in total. The van der Waals surface area contributed by atoms with E-state index in [4.69, 9.17) is 8.83 Å². The molecule has 89 heavy (non-hydrogen) atoms. The van der Waals surface area contributed by atoms with Gasteiger partial charge in [-0.2, -0.15) is 11.3 Å². The Bertz CT molecular complexity index is 2180. The lowest BCUT2D eigenvalue weighted by atomic mass is 10.4. The van der Waals surface area contributed by atoms with E-state index in [0.717, 1.165) is 28.5 Å². The second-order valence-corrected chi connectivity index (χ2v) is 19.3. The highest BCUT2D eigenvalue weighted by molar-refractivity contribution is 7.10. The summed E-state index contributed by atoms with van der Waals surface area (Å²) in [5, 5.41) is 19.0. The van der Waals surface area contributed by atoms with Gasteiger partial charge in [-0.25, -0.2) is 0 Å². The van der Waals surface area contributed by atoms with Gasteiger partial charge in [0, 0.05) is 81.9 Å². The van der Waals surface area contributed by atoms with Crippen molar-refractivity contribution in [2.75, 3.05) is 0 Å². The zero-order chi connectivity index (χ0) is 71.1. The molecule has 0 aromatic carbocycles. The Labute approximate surface area is 566 Å². The SMILES string of the molecule is CC.CC.CC.CC.CC.CC.CC.CC.CC.CC.Cc1cccn1C.Cc1ccco1.Cc1cccs1.Cc1ccn(C)c1.Cc1ccno1.Cc1ccoc1.Cc1ccsc1.Cc1cncs1.Cc1cnoc1.Cc1cscn1.Cc1nnsc1C. The summed E-state index contributed by atoms with van der Waals surface area (Å²) in [4.78, 5) is 11.6. The fraction of sp³-hybridized carbons (Fsp3) is 0.472. The van der Waals surface area contributed by atoms with Gasteiger partial charge in [0.05, 0.1) is 47.9 Å². The van der Waals surface area contributed by atoms with Gasteiger partial charge < -0.3 is 27.0 Å². The number of rotatable bonds is 0. The number of nitrogens with zero attached hydrogens (tertiary/aromatic N) is 8. The number of aromatic nitrogens is 8. The van der Waals surface area contributed by atoms with Crippen LogP contribution in [0.15, 0.2) is 173 Å². The normalized spacial score (nSPS) is 7.66. The molecule has 0 spiro atoms. The Morgan fingerprint density at radius 3 is 1.21 bits per heavy atom. The Balaban J connectivity index is -0.0000000937. The number of aryl methyl sites for hydroxylation is 14. The van der Waals surface area contributed by atoms with Gasteiger partial charge in [-0.15, -0.1) is 39.1 Å². The minimum atomic E-state index is 0.856. The first-order chi connectivity index (χ1) is 43.0. The maximum atomic E-state index is 4.83. The minimum Gasteiger partial charge on any atom is -0.472 e. The Kier molecular flexibility index (Phi) is 106. The van der Waals surface area contributed by atoms with Crippen LogP contribution in [0.2, 0.25) is 0 Å². The molecule has 11 heterocycles. The molecule has 0 fully saturated rings. The molecule has 0 aliphatic rings. The van der Waals surface area contributed by atoms with Gasteiger partial charge in [-0.1, -0.05) is 159 Å². The Hall–Kier alpha value is -6.24. The number of thiazole rings is 2. The highest BCUT2D eigenvalue weighted by Crippen LogP contribution is 2.05. The van der Waals surface area contributed by atoms with Crippen LogP contribution in [-0.2, 0) is 14.1 Å². The van der Waals surface area contributed by atoms with E-state index in [1.54, 1.807) is 88.9 Å². The maximum Gasteiger partial charge on any atom is 0.133 e. The molecular formula is C72H128N8O4S5. The van der Waals surface area contributed by atoms with Crippen molar-refractivity contribution >= 4 is 56.9 Å². The standard InChI is InChI=1S/2C6H9N.2C5H6O.2C5H6S.C4H6N2S.2C4H5NO.2C4H5NS.10C2H6/c1-6-3-4-7(2)5-6;1-6-4-3-5-7(6)2;1-5-2-3-6-4-5;1-5-3-2-4-6-5;1-5-2-3-6-4-5;1-5-3-2-4-6-5;1-3-4(2)7-6-5-3;1-4-2-5-6-3-4;1-4-2-3-5-6-4;1-4-2-6-3-5-4;1-4-2-5-3-6-4;10*1-2/h2*3-5H,1-2H3;4*2-4H,1H3;1-2H3;4*2-3H,1H3;10*1-2H3. The molecule has 11 rings (SSSR count). The van der Waals surface area contributed by atoms with Crippen molar-refractivity contribution in [2.45, 2.75) is 222 Å². The third-order valence-electron chi connectivity index (χ3n) is 7.95. The van der Waals surface area contributed by atoms with E-state index < -0.39 is 0 Å². The van der Waals surface area contributed by atoms with Gasteiger partial charge in [0.25, 0.3) is 0 Å². The van der Waals surface area contributed by atoms with E-state index in [1.165, 1.54) is 48.5 Å². The second-order valence-electron chi connectivity index (χ2n) is 14.6. The molecule has 0 aliphatic heterocycles. The van der Waals surface area contributed by atoms with Crippen LogP contribution in [0.1, 0.15) is 204 Å². The molecule has 12 nitrogen and oxygen atoms in total. The topological polar surface area (TPSA) is 140 Å². The number of hydrogen-bond donors (Lipinski definition) is 0. The van der Waals surface area contributed by atoms with Crippen LogP contribution in [0, 0.1) is 83.1 Å². The number of furan rings is 2. The van der Waals surface area contributed by atoms with Gasteiger partial charge in [-0.3, -0.25) is 9.97 Å². The summed E-state index contributed by atoms with van der Waals surface area (Å²) in [6.45, 7) is 64.0. The molecule has 11 aromatic rings. The lowest BCUT2D eigenvalue weighted by molar-refractivity contribution is 0.397. The minimum absolute atomic E-state index is 0.856. The highest BCUT2D eigenvalue weighted by Gasteiger charge is 1.91. The van der Waals surface area contributed by atoms with E-state index in [0.29, 0.717) is 0 Å². The van der Waals surface area contributed by atoms with Crippen molar-refractivity contribution in [3.63, 3.8) is 0 Å². The van der Waals surface area contributed by atoms with Gasteiger partial charge in [0.15, 0.2) is 0 Å². The van der Waals surface area contributed by atoms with Crippen molar-refractivity contribution < 1.29 is 17.9 Å². The lowest BCUT2D eigenvalue weighted by Gasteiger charge is -1.89. The Morgan fingerprint density at radius 2 is 1.09 bits per heavy atom. The van der Waals surface area contributed by atoms with Crippen LogP contribution >= 0.6 is 56.9 Å². The molecule has 0 amide bonds. The molecule has 0 radical (unpaired) electrons. The van der Waals surface area contributed by atoms with E-state index in [1.807, 2.05) is 272 Å². The summed E-state index contributed by atoms with van der Waals surface area (Å²) in [5.41, 5.74) is 12.0. The van der Waals surface area contributed by atoms with Crippen LogP contribution < -0.4 is 0 Å². The smallest absolute Gasteiger partial charge is 0.133 e. The zero-order valence-corrected chi connectivity index (χ0v) is 66.3. The number of thiophene rings is 2. The van der Waals surface area contributed by atoms with Gasteiger partial charge in [-0.05, 0) is 176 Å². The predicted molar refractivity (Wildman–Crippen MR) is 404 cm³/mol. The number of hydrogen-bond acceptors (Lipinski definition) is 15. The van der Waals surface area contributed by atoms with Crippen molar-refractivity contribution in [2.24, 2.45) is 14.1 Å². The summed E-state index contributed by atoms with van der Waals surface area (Å²) in [5.74, 6) is 1.82. The molecule has 0 unspecified atom stereocenters. The molecule has 0 aliphatic carbocycles. The average molecular weight is 1330 g/mol. The molecule has 17 heteroatoms. The third-order valence-corrected chi connectivity index (χ3v) is 11.7. The summed E-state index contributed by atoms with van der Waals surface area (Å²) in [6, 6.07) is 20.0. The monoisotopic (exact) mass is 1330 g/mol. The van der Waals surface area contributed by atoms with Gasteiger partial charge in [0.2, 0.25) is 0 Å². The molecule has 510 valence electrons. The average Bonchev–Trinajstić information content (AvgIpc) is 4.41. The fourth-order valence-electron chi connectivity index (χ4n) is 3.94.